The fourth-order valence-electron chi connectivity index (χ4n) is 1.84. The van der Waals surface area contributed by atoms with Gasteiger partial charge in [-0.05, 0) is 24.3 Å². The van der Waals surface area contributed by atoms with Crippen molar-refractivity contribution < 1.29 is 22.7 Å². The predicted molar refractivity (Wildman–Crippen MR) is 64.2 cm³/mol. The number of halogens is 3. The van der Waals surface area contributed by atoms with Crippen LogP contribution in [0.2, 0.25) is 0 Å². The number of rotatable bonds is 5. The van der Waals surface area contributed by atoms with E-state index in [0.29, 0.717) is 12.1 Å². The molecule has 3 nitrogen and oxygen atoms in total. The van der Waals surface area contributed by atoms with Gasteiger partial charge in [0.15, 0.2) is 0 Å². The number of fused-ring (bicyclic) bond motifs is 1. The number of alkyl halides is 3. The molecule has 0 aliphatic carbocycles. The molecule has 0 saturated carbocycles. The second-order valence-electron chi connectivity index (χ2n) is 4.11. The highest BCUT2D eigenvalue weighted by molar-refractivity contribution is 5.87. The van der Waals surface area contributed by atoms with Crippen molar-refractivity contribution >= 4 is 17.2 Å². The average Bonchev–Trinajstić information content (AvgIpc) is 2.75. The molecule has 0 N–H and O–H groups in total. The first-order valence-corrected chi connectivity index (χ1v) is 5.68. The van der Waals surface area contributed by atoms with E-state index >= 15 is 0 Å². The lowest BCUT2D eigenvalue weighted by Crippen LogP contribution is -2.18. The molecule has 1 aromatic heterocycles. The zero-order valence-corrected chi connectivity index (χ0v) is 9.98. The van der Waals surface area contributed by atoms with Crippen molar-refractivity contribution in [2.75, 3.05) is 13.2 Å². The van der Waals surface area contributed by atoms with Gasteiger partial charge in [0.1, 0.15) is 12.9 Å². The molecule has 0 unspecified atom stereocenters. The topological polar surface area (TPSA) is 31.2 Å². The summed E-state index contributed by atoms with van der Waals surface area (Å²) in [5, 5.41) is 0.875. The van der Waals surface area contributed by atoms with Gasteiger partial charge in [-0.25, -0.2) is 0 Å². The monoisotopic (exact) mass is 271 g/mol. The molecule has 0 bridgehead atoms. The van der Waals surface area contributed by atoms with Crippen molar-refractivity contribution in [1.29, 1.82) is 0 Å². The fourth-order valence-corrected chi connectivity index (χ4v) is 1.84. The van der Waals surface area contributed by atoms with Gasteiger partial charge in [0.05, 0.1) is 6.61 Å². The molecule has 102 valence electrons. The average molecular weight is 271 g/mol. The van der Waals surface area contributed by atoms with Crippen LogP contribution in [-0.2, 0) is 11.3 Å². The van der Waals surface area contributed by atoms with Crippen molar-refractivity contribution in [2.24, 2.45) is 0 Å². The third-order valence-electron chi connectivity index (χ3n) is 2.67. The van der Waals surface area contributed by atoms with Crippen LogP contribution in [0.5, 0.6) is 0 Å². The molecular formula is C13H12F3NO2. The second-order valence-corrected chi connectivity index (χ2v) is 4.11. The molecule has 0 saturated heterocycles. The van der Waals surface area contributed by atoms with Crippen LogP contribution in [0.3, 0.4) is 0 Å². The Hall–Kier alpha value is -1.82. The molecule has 0 aliphatic heterocycles. The molecule has 19 heavy (non-hydrogen) atoms. The highest BCUT2D eigenvalue weighted by Crippen LogP contribution is 2.18. The van der Waals surface area contributed by atoms with Crippen LogP contribution in [0, 0.1) is 0 Å². The maximum Gasteiger partial charge on any atom is 0.411 e. The number of ether oxygens (including phenoxy) is 1. The van der Waals surface area contributed by atoms with Gasteiger partial charge in [-0.15, -0.1) is 0 Å². The van der Waals surface area contributed by atoms with Gasteiger partial charge in [0, 0.05) is 29.2 Å². The summed E-state index contributed by atoms with van der Waals surface area (Å²) < 4.78 is 42.0. The zero-order valence-electron chi connectivity index (χ0n) is 9.98. The van der Waals surface area contributed by atoms with E-state index in [0.717, 1.165) is 17.2 Å². The van der Waals surface area contributed by atoms with Crippen LogP contribution in [0.25, 0.3) is 10.9 Å². The Bertz CT molecular complexity index is 575. The fraction of sp³-hybridized carbons (Fsp3) is 0.308. The van der Waals surface area contributed by atoms with Crippen LogP contribution in [-0.4, -0.2) is 30.2 Å². The van der Waals surface area contributed by atoms with Crippen molar-refractivity contribution in [2.45, 2.75) is 12.7 Å². The minimum absolute atomic E-state index is 0.0152. The third kappa shape index (κ3) is 3.57. The number of aldehydes is 1. The molecule has 2 rings (SSSR count). The number of carbonyl (C=O) groups is 1. The molecule has 0 spiro atoms. The molecule has 0 amide bonds. The number of aromatic nitrogens is 1. The lowest BCUT2D eigenvalue weighted by molar-refractivity contribution is -0.174. The Morgan fingerprint density at radius 2 is 2.05 bits per heavy atom. The van der Waals surface area contributed by atoms with Gasteiger partial charge in [0.2, 0.25) is 0 Å². The summed E-state index contributed by atoms with van der Waals surface area (Å²) >= 11 is 0. The van der Waals surface area contributed by atoms with E-state index in [1.54, 1.807) is 29.0 Å². The molecule has 1 aromatic carbocycles. The van der Waals surface area contributed by atoms with Crippen LogP contribution < -0.4 is 0 Å². The van der Waals surface area contributed by atoms with Gasteiger partial charge >= 0.3 is 6.18 Å². The lowest BCUT2D eigenvalue weighted by atomic mass is 10.2. The molecule has 6 heteroatoms. The van der Waals surface area contributed by atoms with E-state index in [1.165, 1.54) is 0 Å². The van der Waals surface area contributed by atoms with Gasteiger partial charge in [-0.1, -0.05) is 0 Å². The number of hydrogen-bond acceptors (Lipinski definition) is 2. The number of hydrogen-bond donors (Lipinski definition) is 0. The molecule has 0 atom stereocenters. The molecule has 1 heterocycles. The first kappa shape index (κ1) is 13.6. The Morgan fingerprint density at radius 3 is 2.74 bits per heavy atom. The summed E-state index contributed by atoms with van der Waals surface area (Å²) in [5.74, 6) is 0. The number of nitrogens with zero attached hydrogens (tertiary/aromatic N) is 1. The second kappa shape index (κ2) is 5.44. The van der Waals surface area contributed by atoms with Crippen LogP contribution in [0.4, 0.5) is 13.2 Å². The summed E-state index contributed by atoms with van der Waals surface area (Å²) in [5.41, 5.74) is 1.43. The van der Waals surface area contributed by atoms with Gasteiger partial charge in [0.25, 0.3) is 0 Å². The van der Waals surface area contributed by atoms with E-state index in [9.17, 15) is 18.0 Å². The smallest absolute Gasteiger partial charge is 0.370 e. The van der Waals surface area contributed by atoms with Crippen LogP contribution in [0.1, 0.15) is 10.4 Å². The van der Waals surface area contributed by atoms with Gasteiger partial charge < -0.3 is 9.30 Å². The summed E-state index contributed by atoms with van der Waals surface area (Å²) in [4.78, 5) is 10.6. The highest BCUT2D eigenvalue weighted by Gasteiger charge is 2.27. The first-order chi connectivity index (χ1) is 8.99. The normalized spacial score (nSPS) is 11.9. The number of benzene rings is 1. The zero-order chi connectivity index (χ0) is 13.9. The van der Waals surface area contributed by atoms with Crippen molar-refractivity contribution in [1.82, 2.24) is 4.57 Å². The maximum atomic E-state index is 11.9. The maximum absolute atomic E-state index is 11.9. The Labute approximate surface area is 107 Å². The molecule has 0 radical (unpaired) electrons. The molecule has 0 fully saturated rings. The van der Waals surface area contributed by atoms with Gasteiger partial charge in [-0.3, -0.25) is 4.79 Å². The van der Waals surface area contributed by atoms with E-state index in [2.05, 4.69) is 4.74 Å². The van der Waals surface area contributed by atoms with Crippen molar-refractivity contribution in [3.63, 3.8) is 0 Å². The van der Waals surface area contributed by atoms with E-state index < -0.39 is 12.8 Å². The number of carbonyl (C=O) groups excluding carboxylic acids is 1. The summed E-state index contributed by atoms with van der Waals surface area (Å²) in [7, 11) is 0. The summed E-state index contributed by atoms with van der Waals surface area (Å²) in [6, 6.07) is 6.98. The minimum Gasteiger partial charge on any atom is -0.370 e. The third-order valence-corrected chi connectivity index (χ3v) is 2.67. The van der Waals surface area contributed by atoms with Gasteiger partial charge in [-0.2, -0.15) is 13.2 Å². The van der Waals surface area contributed by atoms with Crippen LogP contribution >= 0.6 is 0 Å². The quantitative estimate of drug-likeness (QED) is 0.618. The minimum atomic E-state index is -4.29. The molecule has 2 aromatic rings. The molecule has 0 aliphatic rings. The standard InChI is InChI=1S/C13H12F3NO2/c14-13(15,16)9-19-6-5-17-4-3-11-7-10(8-18)1-2-12(11)17/h1-4,7-8H,5-6,9H2. The lowest BCUT2D eigenvalue weighted by Gasteiger charge is -2.09. The predicted octanol–water partition coefficient (Wildman–Crippen LogP) is 3.03. The largest absolute Gasteiger partial charge is 0.411 e. The van der Waals surface area contributed by atoms with Crippen molar-refractivity contribution in [3.05, 3.63) is 36.0 Å². The van der Waals surface area contributed by atoms with E-state index in [4.69, 9.17) is 0 Å². The van der Waals surface area contributed by atoms with E-state index in [-0.39, 0.29) is 6.61 Å². The summed E-state index contributed by atoms with van der Waals surface area (Å²) in [6.07, 6.45) is -1.78. The Balaban J connectivity index is 2.00. The Kier molecular flexibility index (Phi) is 3.90. The van der Waals surface area contributed by atoms with E-state index in [1.807, 2.05) is 6.07 Å². The Morgan fingerprint density at radius 1 is 1.26 bits per heavy atom. The molecular weight excluding hydrogens is 259 g/mol. The van der Waals surface area contributed by atoms with Crippen molar-refractivity contribution in [3.8, 4) is 0 Å². The highest BCUT2D eigenvalue weighted by atomic mass is 19.4. The summed E-state index contributed by atoms with van der Waals surface area (Å²) in [6.45, 7) is -0.916. The SMILES string of the molecule is O=Cc1ccc2c(ccn2CCOCC(F)(F)F)c1. The van der Waals surface area contributed by atoms with Crippen LogP contribution in [0.15, 0.2) is 30.5 Å². The first-order valence-electron chi connectivity index (χ1n) is 5.68.